The molecule has 0 saturated carbocycles. The highest BCUT2D eigenvalue weighted by Gasteiger charge is 2.21. The van der Waals surface area contributed by atoms with Crippen molar-refractivity contribution in [3.05, 3.63) is 459 Å². The van der Waals surface area contributed by atoms with Crippen LogP contribution in [0.1, 0.15) is 27.8 Å². The molecule has 19 aromatic carbocycles. The van der Waals surface area contributed by atoms with Gasteiger partial charge in [-0.15, -0.1) is 34.0 Å². The molecule has 0 aliphatic rings. The fraction of sp³-hybridized carbons (Fsp3) is 0.0420. The van der Waals surface area contributed by atoms with E-state index in [1.807, 2.05) is 46.1 Å². The van der Waals surface area contributed by atoms with Crippen LogP contribution in [0.5, 0.6) is 0 Å². The lowest BCUT2D eigenvalue weighted by Gasteiger charge is -2.06. The molecule has 2 nitrogen and oxygen atoms in total. The van der Waals surface area contributed by atoms with Crippen LogP contribution in [0.4, 0.5) is 0 Å². The van der Waals surface area contributed by atoms with E-state index in [4.69, 9.17) is 8.83 Å². The Labute approximate surface area is 734 Å². The quantitative estimate of drug-likeness (QED) is 0.144. The van der Waals surface area contributed by atoms with Crippen molar-refractivity contribution in [1.29, 1.82) is 0 Å². The first-order valence-corrected chi connectivity index (χ1v) is 44.8. The molecule has 0 aliphatic carbocycles. The first-order valence-electron chi connectivity index (χ1n) is 42.3. The molecule has 5 heterocycles. The number of furan rings is 2. The molecule has 124 heavy (non-hydrogen) atoms. The lowest BCUT2D eigenvalue weighted by Crippen LogP contribution is -1.82. The summed E-state index contributed by atoms with van der Waals surface area (Å²) in [6.07, 6.45) is 0. The molecule has 592 valence electrons. The van der Waals surface area contributed by atoms with Gasteiger partial charge in [-0.05, 0) is 129 Å². The maximum atomic E-state index is 6.48. The topological polar surface area (TPSA) is 26.3 Å². The Kier molecular flexibility index (Phi) is 21.7. The van der Waals surface area contributed by atoms with Gasteiger partial charge in [0.1, 0.15) is 22.3 Å². The van der Waals surface area contributed by atoms with Crippen molar-refractivity contribution < 1.29 is 8.83 Å². The average Bonchev–Trinajstić information content (AvgIpc) is 1.81. The maximum absolute atomic E-state index is 6.48. The van der Waals surface area contributed by atoms with E-state index in [1.54, 1.807) is 0 Å². The van der Waals surface area contributed by atoms with Gasteiger partial charge < -0.3 is 8.83 Å². The van der Waals surface area contributed by atoms with Crippen molar-refractivity contribution in [2.45, 2.75) is 34.6 Å². The first-order chi connectivity index (χ1) is 61.1. The van der Waals surface area contributed by atoms with E-state index in [0.717, 1.165) is 60.7 Å². The summed E-state index contributed by atoms with van der Waals surface area (Å²) in [6.45, 7) is 10.8. The summed E-state index contributed by atoms with van der Waals surface area (Å²) in [5.74, 6) is 0. The van der Waals surface area contributed by atoms with Crippen molar-refractivity contribution in [2.24, 2.45) is 0 Å². The minimum atomic E-state index is 0.953. The molecule has 24 aromatic rings. The number of hydrogen-bond acceptors (Lipinski definition) is 5. The van der Waals surface area contributed by atoms with E-state index < -0.39 is 0 Å². The third-order valence-electron chi connectivity index (χ3n) is 23.8. The molecule has 0 aliphatic heterocycles. The normalized spacial score (nSPS) is 11.3. The van der Waals surface area contributed by atoms with Crippen LogP contribution in [-0.4, -0.2) is 0 Å². The molecule has 5 heteroatoms. The zero-order chi connectivity index (χ0) is 83.6. The predicted octanol–water partition coefficient (Wildman–Crippen LogP) is 35.9. The smallest absolute Gasteiger partial charge is 0.143 e. The van der Waals surface area contributed by atoms with Crippen molar-refractivity contribution in [2.75, 3.05) is 0 Å². The molecule has 0 bridgehead atoms. The molecule has 0 unspecified atom stereocenters. The number of benzene rings is 19. The van der Waals surface area contributed by atoms with Crippen molar-refractivity contribution >= 4 is 138 Å². The predicted molar refractivity (Wildman–Crippen MR) is 538 cm³/mol. The van der Waals surface area contributed by atoms with Gasteiger partial charge in [-0.2, -0.15) is 0 Å². The molecule has 5 aromatic heterocycles. The summed E-state index contributed by atoms with van der Waals surface area (Å²) < 4.78 is 21.2. The lowest BCUT2D eigenvalue weighted by atomic mass is 9.98. The molecular formula is C119H86O2S3. The van der Waals surface area contributed by atoms with Crippen molar-refractivity contribution in [1.82, 2.24) is 0 Å². The van der Waals surface area contributed by atoms with Crippen LogP contribution in [0.15, 0.2) is 440 Å². The number of hydrogen-bond donors (Lipinski definition) is 0. The zero-order valence-electron chi connectivity index (χ0n) is 69.5. The molecular weight excluding hydrogens is 1560 g/mol. The fourth-order valence-electron chi connectivity index (χ4n) is 17.7. The highest BCUT2D eigenvalue weighted by Crippen LogP contribution is 2.49. The molecule has 0 N–H and O–H groups in total. The Morgan fingerprint density at radius 2 is 0.355 bits per heavy atom. The zero-order valence-corrected chi connectivity index (χ0v) is 72.0. The largest absolute Gasteiger partial charge is 0.455 e. The third-order valence-corrected chi connectivity index (χ3v) is 27.7. The minimum Gasteiger partial charge on any atom is -0.455 e. The Morgan fingerprint density at radius 3 is 0.710 bits per heavy atom. The van der Waals surface area contributed by atoms with Crippen LogP contribution in [-0.2, 0) is 0 Å². The summed E-state index contributed by atoms with van der Waals surface area (Å²) in [5, 5.41) is 12.8. The number of aryl methyl sites for hydroxylation is 5. The monoisotopic (exact) mass is 1640 g/mol. The van der Waals surface area contributed by atoms with Crippen molar-refractivity contribution in [3.63, 3.8) is 0 Å². The van der Waals surface area contributed by atoms with Gasteiger partial charge in [0.2, 0.25) is 0 Å². The van der Waals surface area contributed by atoms with Gasteiger partial charge in [0.05, 0.1) is 0 Å². The number of thiophene rings is 3. The SMILES string of the molecule is Cc1cccc(-c2cccc3c2oc2c(-c4ccccc4)cccc23)c1.Cc1cccc(-c2cccc3c2sc2c(-c4ccccc4)cccc23)c1.Cc1cccc2c1sc1c(-c3ccccc3)cccc12.Cc1ccccc1-c1cccc2c1oc1c(-c3ccccc3)cccc12.Cc1ccccc1-c1cccc2c1sc1c(-c3ccccc3)cccc12. The van der Waals surface area contributed by atoms with Gasteiger partial charge in [0.25, 0.3) is 0 Å². The third kappa shape index (κ3) is 15.2. The van der Waals surface area contributed by atoms with Crippen LogP contribution >= 0.6 is 34.0 Å². The van der Waals surface area contributed by atoms with Gasteiger partial charge in [0.15, 0.2) is 0 Å². The average molecular weight is 1640 g/mol. The van der Waals surface area contributed by atoms with E-state index >= 15 is 0 Å². The van der Waals surface area contributed by atoms with Gasteiger partial charge in [-0.25, -0.2) is 0 Å². The van der Waals surface area contributed by atoms with E-state index in [0.29, 0.717) is 0 Å². The first kappa shape index (κ1) is 78.0. The van der Waals surface area contributed by atoms with E-state index in [1.165, 1.54) is 172 Å². The van der Waals surface area contributed by atoms with Gasteiger partial charge in [-0.3, -0.25) is 0 Å². The summed E-state index contributed by atoms with van der Waals surface area (Å²) in [5.41, 5.74) is 32.7. The highest BCUT2D eigenvalue weighted by molar-refractivity contribution is 7.27. The highest BCUT2D eigenvalue weighted by atomic mass is 32.1. The maximum Gasteiger partial charge on any atom is 0.143 e. The standard InChI is InChI=1S/2C25H18O.2C25H18S.C19H14S/c1-17-8-5-11-19(16-17)21-13-7-15-23-22-14-6-12-20(24(22)26-25(21)23)18-9-3-2-4-10-18;1-17-9-5-6-12-19(17)21-14-8-16-23-22-15-7-13-20(24(22)26-25(21)23)18-10-3-2-4-11-18;1-17-8-5-11-19(16-17)21-13-7-15-23-22-14-6-12-20(24(22)26-25(21)23)18-9-3-2-4-10-18;1-17-9-5-6-12-19(17)21-14-8-16-23-22-15-7-13-20(24(22)26-25(21)23)18-10-3-2-4-11-18;1-13-7-5-11-16-17-12-6-10-15(19(17)20-18(13)16)14-8-3-2-4-9-14/h4*2-16H,1H3;2-12H,1H3. The van der Waals surface area contributed by atoms with Gasteiger partial charge in [-0.1, -0.05) is 442 Å². The summed E-state index contributed by atoms with van der Waals surface area (Å²) in [6, 6.07) is 153. The molecule has 0 amide bonds. The number of rotatable bonds is 9. The number of fused-ring (bicyclic) bond motifs is 15. The van der Waals surface area contributed by atoms with Crippen molar-refractivity contribution in [3.8, 4) is 100 Å². The summed E-state index contributed by atoms with van der Waals surface area (Å²) >= 11 is 5.73. The number of para-hydroxylation sites is 4. The molecule has 0 radical (unpaired) electrons. The molecule has 24 rings (SSSR count). The Balaban J connectivity index is 0.0000000984. The van der Waals surface area contributed by atoms with Gasteiger partial charge >= 0.3 is 0 Å². The van der Waals surface area contributed by atoms with E-state index in [-0.39, 0.29) is 0 Å². The second kappa shape index (κ2) is 34.5. The van der Waals surface area contributed by atoms with E-state index in [2.05, 4.69) is 453 Å². The lowest BCUT2D eigenvalue weighted by molar-refractivity contribution is 0.670. The Hall–Kier alpha value is -14.6. The second-order valence-corrected chi connectivity index (χ2v) is 34.9. The fourth-order valence-corrected chi connectivity index (χ4v) is 21.8. The molecule has 0 spiro atoms. The van der Waals surface area contributed by atoms with Crippen LogP contribution in [0, 0.1) is 34.6 Å². The van der Waals surface area contributed by atoms with Crippen LogP contribution in [0.25, 0.3) is 205 Å². The van der Waals surface area contributed by atoms with Gasteiger partial charge in [0, 0.05) is 104 Å². The van der Waals surface area contributed by atoms with E-state index in [9.17, 15) is 0 Å². The molecule has 0 saturated heterocycles. The summed E-state index contributed by atoms with van der Waals surface area (Å²) in [7, 11) is 0. The molecule has 0 fully saturated rings. The van der Waals surface area contributed by atoms with Crippen LogP contribution < -0.4 is 0 Å². The van der Waals surface area contributed by atoms with Crippen LogP contribution in [0.2, 0.25) is 0 Å². The Bertz CT molecular complexity index is 7620. The van der Waals surface area contributed by atoms with Crippen LogP contribution in [0.3, 0.4) is 0 Å². The minimum absolute atomic E-state index is 0.953. The Morgan fingerprint density at radius 1 is 0.145 bits per heavy atom. The molecule has 0 atom stereocenters. The second-order valence-electron chi connectivity index (χ2n) is 31.8. The summed E-state index contributed by atoms with van der Waals surface area (Å²) in [4.78, 5) is 0.